The summed E-state index contributed by atoms with van der Waals surface area (Å²) in [5.41, 5.74) is -1.17. The standard InChI is InChI=1S/C11H10F4N2O3S/c1-6-8(2-3-9(16-6)11(12,13)14)17-5-7(4-10(17)18)21(15,19)20/h2-3,7H,4-5H2,1H3. The van der Waals surface area contributed by atoms with Crippen LogP contribution in [-0.4, -0.2) is 31.1 Å². The van der Waals surface area contributed by atoms with Crippen molar-refractivity contribution in [3.05, 3.63) is 23.5 Å². The van der Waals surface area contributed by atoms with E-state index in [1.165, 1.54) is 6.92 Å². The Balaban J connectivity index is 2.34. The highest BCUT2D eigenvalue weighted by Crippen LogP contribution is 2.32. The first-order valence-corrected chi connectivity index (χ1v) is 7.23. The number of hydrogen-bond donors (Lipinski definition) is 0. The minimum Gasteiger partial charge on any atom is -0.309 e. The average Bonchev–Trinajstić information content (AvgIpc) is 2.70. The number of pyridine rings is 1. The molecule has 1 aromatic heterocycles. The van der Waals surface area contributed by atoms with Crippen molar-refractivity contribution in [2.45, 2.75) is 24.8 Å². The molecule has 1 amide bonds. The van der Waals surface area contributed by atoms with Crippen LogP contribution in [0.3, 0.4) is 0 Å². The number of aryl methyl sites for hydroxylation is 1. The summed E-state index contributed by atoms with van der Waals surface area (Å²) in [6.07, 6.45) is -5.16. The van der Waals surface area contributed by atoms with Crippen LogP contribution in [0.2, 0.25) is 0 Å². The van der Waals surface area contributed by atoms with Gasteiger partial charge in [0.15, 0.2) is 0 Å². The molecule has 21 heavy (non-hydrogen) atoms. The van der Waals surface area contributed by atoms with Crippen LogP contribution in [0.1, 0.15) is 17.8 Å². The predicted octanol–water partition coefficient (Wildman–Crippen LogP) is 1.81. The van der Waals surface area contributed by atoms with Crippen molar-refractivity contribution in [3.63, 3.8) is 0 Å². The third kappa shape index (κ3) is 3.14. The van der Waals surface area contributed by atoms with E-state index in [4.69, 9.17) is 0 Å². The van der Waals surface area contributed by atoms with Crippen molar-refractivity contribution < 1.29 is 30.3 Å². The van der Waals surface area contributed by atoms with Crippen LogP contribution in [0.25, 0.3) is 0 Å². The number of carbonyl (C=O) groups excluding carboxylic acids is 1. The summed E-state index contributed by atoms with van der Waals surface area (Å²) in [7, 11) is -4.88. The summed E-state index contributed by atoms with van der Waals surface area (Å²) < 4.78 is 72.0. The fourth-order valence-electron chi connectivity index (χ4n) is 2.09. The number of alkyl halides is 3. The predicted molar refractivity (Wildman–Crippen MR) is 64.8 cm³/mol. The van der Waals surface area contributed by atoms with Crippen molar-refractivity contribution in [2.24, 2.45) is 0 Å². The van der Waals surface area contributed by atoms with Gasteiger partial charge in [-0.1, -0.05) is 0 Å². The molecule has 0 spiro atoms. The molecule has 1 saturated heterocycles. The minimum atomic E-state index is -4.88. The number of hydrogen-bond acceptors (Lipinski definition) is 4. The molecule has 1 aromatic rings. The topological polar surface area (TPSA) is 67.3 Å². The Morgan fingerprint density at radius 2 is 1.95 bits per heavy atom. The lowest BCUT2D eigenvalue weighted by Crippen LogP contribution is -2.28. The van der Waals surface area contributed by atoms with Gasteiger partial charge in [0.1, 0.15) is 10.9 Å². The van der Waals surface area contributed by atoms with Gasteiger partial charge in [0.2, 0.25) is 5.91 Å². The van der Waals surface area contributed by atoms with Gasteiger partial charge >= 0.3 is 16.4 Å². The maximum atomic E-state index is 12.9. The van der Waals surface area contributed by atoms with Crippen molar-refractivity contribution in [1.29, 1.82) is 0 Å². The second-order valence-electron chi connectivity index (χ2n) is 4.60. The first-order valence-electron chi connectivity index (χ1n) is 5.79. The number of aromatic nitrogens is 1. The van der Waals surface area contributed by atoms with Crippen molar-refractivity contribution in [2.75, 3.05) is 11.4 Å². The normalized spacial score (nSPS) is 20.1. The summed E-state index contributed by atoms with van der Waals surface area (Å²) >= 11 is 0. The summed E-state index contributed by atoms with van der Waals surface area (Å²) in [6.45, 7) is 0.820. The maximum absolute atomic E-state index is 12.9. The largest absolute Gasteiger partial charge is 0.433 e. The number of rotatable bonds is 2. The molecule has 10 heteroatoms. The first kappa shape index (κ1) is 15.7. The Hall–Kier alpha value is -1.71. The van der Waals surface area contributed by atoms with Gasteiger partial charge in [0.05, 0.1) is 11.4 Å². The van der Waals surface area contributed by atoms with Gasteiger partial charge in [0.25, 0.3) is 0 Å². The van der Waals surface area contributed by atoms with Crippen molar-refractivity contribution >= 4 is 21.8 Å². The van der Waals surface area contributed by atoms with E-state index in [9.17, 15) is 30.3 Å². The molecule has 0 aliphatic carbocycles. The summed E-state index contributed by atoms with van der Waals surface area (Å²) in [6, 6.07) is 1.71. The fraction of sp³-hybridized carbons (Fsp3) is 0.455. The molecule has 1 fully saturated rings. The van der Waals surface area contributed by atoms with Gasteiger partial charge < -0.3 is 4.90 Å². The number of halogens is 4. The lowest BCUT2D eigenvalue weighted by atomic mass is 10.2. The van der Waals surface area contributed by atoms with E-state index < -0.39 is 46.2 Å². The van der Waals surface area contributed by atoms with Gasteiger partial charge in [-0.25, -0.2) is 4.98 Å². The quantitative estimate of drug-likeness (QED) is 0.614. The van der Waals surface area contributed by atoms with Crippen LogP contribution in [-0.2, 0) is 21.2 Å². The van der Waals surface area contributed by atoms with E-state index in [2.05, 4.69) is 4.98 Å². The van der Waals surface area contributed by atoms with Gasteiger partial charge in [-0.05, 0) is 19.1 Å². The molecule has 116 valence electrons. The number of anilines is 1. The fourth-order valence-corrected chi connectivity index (χ4v) is 2.76. The van der Waals surface area contributed by atoms with Crippen molar-refractivity contribution in [1.82, 2.24) is 4.98 Å². The van der Waals surface area contributed by atoms with E-state index in [0.717, 1.165) is 11.0 Å². The molecular formula is C11H10F4N2O3S. The number of amides is 1. The molecule has 1 aliphatic heterocycles. The Kier molecular flexibility index (Phi) is 3.68. The van der Waals surface area contributed by atoms with E-state index >= 15 is 0 Å². The van der Waals surface area contributed by atoms with Crippen molar-refractivity contribution in [3.8, 4) is 0 Å². The molecule has 2 heterocycles. The zero-order valence-corrected chi connectivity index (χ0v) is 11.5. The van der Waals surface area contributed by atoms with Gasteiger partial charge in [-0.2, -0.15) is 21.6 Å². The lowest BCUT2D eigenvalue weighted by molar-refractivity contribution is -0.141. The number of carbonyl (C=O) groups is 1. The molecule has 1 atom stereocenters. The monoisotopic (exact) mass is 326 g/mol. The SMILES string of the molecule is Cc1nc(C(F)(F)F)ccc1N1CC(S(=O)(=O)F)CC1=O. The van der Waals surface area contributed by atoms with E-state index in [1.807, 2.05) is 0 Å². The molecular weight excluding hydrogens is 316 g/mol. The highest BCUT2D eigenvalue weighted by molar-refractivity contribution is 7.87. The molecule has 1 aliphatic rings. The molecule has 0 radical (unpaired) electrons. The summed E-state index contributed by atoms with van der Waals surface area (Å²) in [5, 5.41) is -1.51. The molecule has 0 N–H and O–H groups in total. The molecule has 5 nitrogen and oxygen atoms in total. The smallest absolute Gasteiger partial charge is 0.309 e. The maximum Gasteiger partial charge on any atom is 0.433 e. The second kappa shape index (κ2) is 4.93. The van der Waals surface area contributed by atoms with Gasteiger partial charge in [0, 0.05) is 13.0 Å². The van der Waals surface area contributed by atoms with E-state index in [0.29, 0.717) is 6.07 Å². The average molecular weight is 326 g/mol. The van der Waals surface area contributed by atoms with Crippen LogP contribution in [0.4, 0.5) is 22.7 Å². The Morgan fingerprint density at radius 3 is 2.38 bits per heavy atom. The summed E-state index contributed by atoms with van der Waals surface area (Å²) in [5.74, 6) is -0.675. The third-order valence-corrected chi connectivity index (χ3v) is 4.24. The Morgan fingerprint density at radius 1 is 1.33 bits per heavy atom. The highest BCUT2D eigenvalue weighted by atomic mass is 32.3. The number of nitrogens with zero attached hydrogens (tertiary/aromatic N) is 2. The lowest BCUT2D eigenvalue weighted by Gasteiger charge is -2.19. The van der Waals surface area contributed by atoms with E-state index in [-0.39, 0.29) is 11.4 Å². The zero-order valence-electron chi connectivity index (χ0n) is 10.7. The van der Waals surface area contributed by atoms with E-state index in [1.54, 1.807) is 0 Å². The third-order valence-electron chi connectivity index (χ3n) is 3.13. The van der Waals surface area contributed by atoms with Crippen LogP contribution in [0.5, 0.6) is 0 Å². The molecule has 2 rings (SSSR count). The molecule has 0 bridgehead atoms. The van der Waals surface area contributed by atoms with Crippen LogP contribution >= 0.6 is 0 Å². The minimum absolute atomic E-state index is 0.0409. The first-order chi connectivity index (χ1) is 9.50. The van der Waals surface area contributed by atoms with Crippen LogP contribution < -0.4 is 4.90 Å². The zero-order chi connectivity index (χ0) is 16.0. The summed E-state index contributed by atoms with van der Waals surface area (Å²) in [4.78, 5) is 16.0. The van der Waals surface area contributed by atoms with Crippen LogP contribution in [0, 0.1) is 6.92 Å². The Labute approximate surface area is 117 Å². The Bertz CT molecular complexity index is 687. The molecule has 0 aromatic carbocycles. The molecule has 0 saturated carbocycles. The second-order valence-corrected chi connectivity index (χ2v) is 6.22. The van der Waals surface area contributed by atoms with Crippen LogP contribution in [0.15, 0.2) is 12.1 Å². The van der Waals surface area contributed by atoms with Gasteiger partial charge in [-0.15, -0.1) is 3.89 Å². The highest BCUT2D eigenvalue weighted by Gasteiger charge is 2.40. The van der Waals surface area contributed by atoms with Gasteiger partial charge in [-0.3, -0.25) is 4.79 Å². The molecule has 1 unspecified atom stereocenters.